The van der Waals surface area contributed by atoms with Crippen LogP contribution in [0.5, 0.6) is 0 Å². The highest BCUT2D eigenvalue weighted by molar-refractivity contribution is 5.71. The lowest BCUT2D eigenvalue weighted by molar-refractivity contribution is -0.167. The van der Waals surface area contributed by atoms with Crippen LogP contribution in [0.4, 0.5) is 0 Å². The van der Waals surface area contributed by atoms with Crippen molar-refractivity contribution in [3.8, 4) is 0 Å². The molecule has 1 unspecified atom stereocenters. The summed E-state index contributed by atoms with van der Waals surface area (Å²) in [5.74, 6) is -0.920. The third-order valence-corrected chi connectivity index (χ3v) is 12.0. The van der Waals surface area contributed by atoms with Crippen LogP contribution in [-0.4, -0.2) is 37.2 Å². The molecule has 0 amide bonds. The molecule has 0 heterocycles. The molecular formula is C63H106O6. The van der Waals surface area contributed by atoms with Crippen LogP contribution in [-0.2, 0) is 28.6 Å². The predicted molar refractivity (Wildman–Crippen MR) is 297 cm³/mol. The molecule has 0 radical (unpaired) electrons. The van der Waals surface area contributed by atoms with Gasteiger partial charge in [-0.25, -0.2) is 0 Å². The van der Waals surface area contributed by atoms with E-state index in [1.165, 1.54) is 96.3 Å². The summed E-state index contributed by atoms with van der Waals surface area (Å²) in [7, 11) is 0. The van der Waals surface area contributed by atoms with Crippen molar-refractivity contribution >= 4 is 17.9 Å². The van der Waals surface area contributed by atoms with E-state index in [0.29, 0.717) is 19.3 Å². The second-order valence-corrected chi connectivity index (χ2v) is 18.8. The van der Waals surface area contributed by atoms with Gasteiger partial charge in [-0.3, -0.25) is 14.4 Å². The van der Waals surface area contributed by atoms with E-state index >= 15 is 0 Å². The molecule has 0 aliphatic rings. The minimum Gasteiger partial charge on any atom is -0.462 e. The Labute approximate surface area is 426 Å². The third-order valence-electron chi connectivity index (χ3n) is 12.0. The zero-order chi connectivity index (χ0) is 50.0. The standard InChI is InChI=1S/C63H106O6/c1-4-7-10-13-16-19-22-25-27-28-29-30-31-32-33-34-35-36-37-39-41-44-47-50-53-56-62(65)68-59-60(58-67-61(64)55-52-49-46-43-40-24-21-18-15-12-9-6-3)69-63(66)57-54-51-48-45-42-38-26-23-20-17-14-11-8-5-2/h7,10,16,18-19,21,23,25-27,29-30,32-33,35-36,60H,4-6,8-9,11-15,17,20,22,24,28,31,34,37-59H2,1-3H3/b10-7-,19-16-,21-18-,26-23-,27-25-,30-29-,33-32-,36-35-. The number of hydrogen-bond donors (Lipinski definition) is 0. The van der Waals surface area contributed by atoms with Crippen LogP contribution in [0.3, 0.4) is 0 Å². The molecule has 0 bridgehead atoms. The molecule has 0 aromatic heterocycles. The fourth-order valence-electron chi connectivity index (χ4n) is 7.73. The van der Waals surface area contributed by atoms with Gasteiger partial charge in [-0.2, -0.15) is 0 Å². The molecule has 394 valence electrons. The van der Waals surface area contributed by atoms with E-state index in [-0.39, 0.29) is 31.1 Å². The van der Waals surface area contributed by atoms with E-state index in [0.717, 1.165) is 128 Å². The van der Waals surface area contributed by atoms with Gasteiger partial charge < -0.3 is 14.2 Å². The van der Waals surface area contributed by atoms with Gasteiger partial charge in [0.25, 0.3) is 0 Å². The van der Waals surface area contributed by atoms with Gasteiger partial charge in [-0.1, -0.05) is 221 Å². The molecule has 6 nitrogen and oxygen atoms in total. The Balaban J connectivity index is 4.36. The molecule has 1 atom stereocenters. The number of carbonyl (C=O) groups excluding carboxylic acids is 3. The normalized spacial score (nSPS) is 12.8. The molecule has 0 aliphatic carbocycles. The van der Waals surface area contributed by atoms with Crippen molar-refractivity contribution < 1.29 is 28.6 Å². The van der Waals surface area contributed by atoms with Crippen molar-refractivity contribution in [1.29, 1.82) is 0 Å². The van der Waals surface area contributed by atoms with Crippen molar-refractivity contribution in [3.05, 3.63) is 97.2 Å². The molecule has 69 heavy (non-hydrogen) atoms. The van der Waals surface area contributed by atoms with Gasteiger partial charge in [0.2, 0.25) is 0 Å². The lowest BCUT2D eigenvalue weighted by Crippen LogP contribution is -2.30. The Hall–Kier alpha value is -3.67. The highest BCUT2D eigenvalue weighted by atomic mass is 16.6. The number of ether oxygens (including phenoxy) is 3. The Bertz CT molecular complexity index is 1380. The molecule has 0 spiro atoms. The van der Waals surface area contributed by atoms with Gasteiger partial charge in [-0.15, -0.1) is 0 Å². The maximum Gasteiger partial charge on any atom is 0.306 e. The molecule has 0 saturated heterocycles. The van der Waals surface area contributed by atoms with E-state index in [1.54, 1.807) is 0 Å². The quantitative estimate of drug-likeness (QED) is 0.0262. The second kappa shape index (κ2) is 56.9. The molecular weight excluding hydrogens is 853 g/mol. The van der Waals surface area contributed by atoms with E-state index in [2.05, 4.69) is 118 Å². The molecule has 6 heteroatoms. The van der Waals surface area contributed by atoms with Crippen molar-refractivity contribution in [1.82, 2.24) is 0 Å². The largest absolute Gasteiger partial charge is 0.462 e. The molecule has 0 aliphatic heterocycles. The first-order valence-electron chi connectivity index (χ1n) is 28.7. The Morgan fingerprint density at radius 1 is 0.304 bits per heavy atom. The van der Waals surface area contributed by atoms with Crippen LogP contribution in [0.2, 0.25) is 0 Å². The third kappa shape index (κ3) is 55.1. The van der Waals surface area contributed by atoms with Crippen LogP contribution < -0.4 is 0 Å². The van der Waals surface area contributed by atoms with Gasteiger partial charge in [0.05, 0.1) is 0 Å². The van der Waals surface area contributed by atoms with Gasteiger partial charge in [0.1, 0.15) is 13.2 Å². The predicted octanol–water partition coefficient (Wildman–Crippen LogP) is 19.3. The van der Waals surface area contributed by atoms with Crippen molar-refractivity contribution in [2.24, 2.45) is 0 Å². The lowest BCUT2D eigenvalue weighted by Gasteiger charge is -2.18. The van der Waals surface area contributed by atoms with Crippen LogP contribution in [0.15, 0.2) is 97.2 Å². The summed E-state index contributed by atoms with van der Waals surface area (Å²) in [6.45, 7) is 6.47. The molecule has 0 N–H and O–H groups in total. The summed E-state index contributed by atoms with van der Waals surface area (Å²) >= 11 is 0. The minimum atomic E-state index is -0.792. The number of esters is 3. The number of rotatable bonds is 51. The molecule has 0 aromatic rings. The van der Waals surface area contributed by atoms with Crippen molar-refractivity contribution in [2.45, 2.75) is 271 Å². The number of allylic oxidation sites excluding steroid dienone is 16. The lowest BCUT2D eigenvalue weighted by atomic mass is 10.1. The number of hydrogen-bond acceptors (Lipinski definition) is 6. The first kappa shape index (κ1) is 65.3. The van der Waals surface area contributed by atoms with Gasteiger partial charge in [-0.05, 0) is 122 Å². The van der Waals surface area contributed by atoms with Crippen LogP contribution in [0.1, 0.15) is 265 Å². The molecule has 0 saturated carbocycles. The summed E-state index contributed by atoms with van der Waals surface area (Å²) < 4.78 is 16.8. The van der Waals surface area contributed by atoms with Gasteiger partial charge in [0, 0.05) is 19.3 Å². The highest BCUT2D eigenvalue weighted by Gasteiger charge is 2.19. The Morgan fingerprint density at radius 2 is 0.565 bits per heavy atom. The average Bonchev–Trinajstić information content (AvgIpc) is 3.35. The fraction of sp³-hybridized carbons (Fsp3) is 0.698. The van der Waals surface area contributed by atoms with Gasteiger partial charge in [0.15, 0.2) is 6.10 Å². The van der Waals surface area contributed by atoms with Crippen molar-refractivity contribution in [2.75, 3.05) is 13.2 Å². The van der Waals surface area contributed by atoms with Crippen LogP contribution in [0.25, 0.3) is 0 Å². The first-order valence-corrected chi connectivity index (χ1v) is 28.7. The summed E-state index contributed by atoms with van der Waals surface area (Å²) in [5.41, 5.74) is 0. The smallest absolute Gasteiger partial charge is 0.306 e. The van der Waals surface area contributed by atoms with Crippen LogP contribution >= 0.6 is 0 Å². The van der Waals surface area contributed by atoms with E-state index in [1.807, 2.05) is 0 Å². The van der Waals surface area contributed by atoms with Crippen LogP contribution in [0, 0.1) is 0 Å². The number of carbonyl (C=O) groups is 3. The zero-order valence-electron chi connectivity index (χ0n) is 45.0. The summed E-state index contributed by atoms with van der Waals surface area (Å²) in [6.07, 6.45) is 75.4. The second-order valence-electron chi connectivity index (χ2n) is 18.8. The topological polar surface area (TPSA) is 78.9 Å². The molecule has 0 fully saturated rings. The molecule has 0 rings (SSSR count). The summed E-state index contributed by atoms with van der Waals surface area (Å²) in [4.78, 5) is 38.1. The highest BCUT2D eigenvalue weighted by Crippen LogP contribution is 2.14. The van der Waals surface area contributed by atoms with E-state index in [4.69, 9.17) is 14.2 Å². The fourth-order valence-corrected chi connectivity index (χ4v) is 7.73. The average molecular weight is 960 g/mol. The molecule has 0 aromatic carbocycles. The Kier molecular flexibility index (Phi) is 53.9. The minimum absolute atomic E-state index is 0.0900. The summed E-state index contributed by atoms with van der Waals surface area (Å²) in [6, 6.07) is 0. The Morgan fingerprint density at radius 3 is 0.928 bits per heavy atom. The van der Waals surface area contributed by atoms with Crippen molar-refractivity contribution in [3.63, 3.8) is 0 Å². The maximum atomic E-state index is 12.8. The first-order chi connectivity index (χ1) is 34.0. The SMILES string of the molecule is CC/C=C\C/C=C\C/C=C\C/C=C\C/C=C\C/C=C\CCCCCCCCC(=O)OCC(COC(=O)CCCCCCC/C=C\CCCCC)OC(=O)CCCCCCC/C=C\CCCCCCC. The maximum absolute atomic E-state index is 12.8. The zero-order valence-corrected chi connectivity index (χ0v) is 45.0. The van der Waals surface area contributed by atoms with Gasteiger partial charge >= 0.3 is 17.9 Å². The summed E-state index contributed by atoms with van der Waals surface area (Å²) in [5, 5.41) is 0. The van der Waals surface area contributed by atoms with E-state index < -0.39 is 6.10 Å². The van der Waals surface area contributed by atoms with E-state index in [9.17, 15) is 14.4 Å². The number of unbranched alkanes of at least 4 members (excludes halogenated alkanes) is 24. The monoisotopic (exact) mass is 959 g/mol.